The van der Waals surface area contributed by atoms with E-state index in [0.717, 1.165) is 11.8 Å². The molecule has 0 saturated carbocycles. The Morgan fingerprint density at radius 1 is 1.13 bits per heavy atom. The summed E-state index contributed by atoms with van der Waals surface area (Å²) in [6.45, 7) is 1.64. The number of carboxylic acid groups (broad SMARTS) is 1. The second-order valence-corrected chi connectivity index (χ2v) is 9.18. The lowest BCUT2D eigenvalue weighted by Crippen LogP contribution is -2.43. The molecule has 0 radical (unpaired) electrons. The van der Waals surface area contributed by atoms with Crippen molar-refractivity contribution in [3.05, 3.63) is 57.6 Å². The summed E-state index contributed by atoms with van der Waals surface area (Å²) in [7, 11) is 0. The van der Waals surface area contributed by atoms with E-state index in [4.69, 9.17) is 34.0 Å². The number of hydrogen-bond acceptors (Lipinski definition) is 4. The Hall–Kier alpha value is -1.45. The van der Waals surface area contributed by atoms with E-state index in [0.29, 0.717) is 26.7 Å². The first kappa shape index (κ1) is 25.8. The average molecular weight is 496 g/mol. The zero-order valence-electron chi connectivity index (χ0n) is 16.5. The number of carbonyl (C=O) groups is 1. The molecule has 0 heterocycles. The van der Waals surface area contributed by atoms with E-state index in [-0.39, 0.29) is 23.5 Å². The Morgan fingerprint density at radius 2 is 1.77 bits per heavy atom. The molecule has 0 aliphatic carbocycles. The summed E-state index contributed by atoms with van der Waals surface area (Å²) in [6.07, 6.45) is -5.35. The summed E-state index contributed by atoms with van der Waals surface area (Å²) in [5.74, 6) is -0.913. The second kappa shape index (κ2) is 10.4. The maximum atomic E-state index is 13.8. The zero-order chi connectivity index (χ0) is 23.4. The highest BCUT2D eigenvalue weighted by molar-refractivity contribution is 7.99. The quantitative estimate of drug-likeness (QED) is 0.391. The van der Waals surface area contributed by atoms with Crippen LogP contribution in [0.2, 0.25) is 10.0 Å². The molecular formula is C21H22Cl2F3NO3S. The molecule has 0 amide bonds. The van der Waals surface area contributed by atoms with Crippen LogP contribution in [-0.4, -0.2) is 39.9 Å². The number of nitrogens with two attached hydrogens (primary N) is 1. The molecular weight excluding hydrogens is 474 g/mol. The fourth-order valence-electron chi connectivity index (χ4n) is 3.04. The summed E-state index contributed by atoms with van der Waals surface area (Å²) in [5.41, 5.74) is 3.85. The van der Waals surface area contributed by atoms with Gasteiger partial charge >= 0.3 is 12.1 Å². The van der Waals surface area contributed by atoms with Crippen LogP contribution in [-0.2, 0) is 10.4 Å². The molecule has 170 valence electrons. The van der Waals surface area contributed by atoms with Crippen LogP contribution in [0.5, 0.6) is 0 Å². The van der Waals surface area contributed by atoms with Crippen LogP contribution < -0.4 is 5.73 Å². The van der Waals surface area contributed by atoms with Crippen LogP contribution >= 0.6 is 35.0 Å². The van der Waals surface area contributed by atoms with Crippen LogP contribution in [0.15, 0.2) is 36.4 Å². The molecule has 0 saturated heterocycles. The van der Waals surface area contributed by atoms with Crippen molar-refractivity contribution in [3.63, 3.8) is 0 Å². The van der Waals surface area contributed by atoms with Crippen molar-refractivity contribution >= 4 is 40.9 Å². The van der Waals surface area contributed by atoms with Gasteiger partial charge in [0.15, 0.2) is 5.60 Å². The Kier molecular flexibility index (Phi) is 8.69. The van der Waals surface area contributed by atoms with Crippen LogP contribution in [0.25, 0.3) is 11.1 Å². The van der Waals surface area contributed by atoms with Gasteiger partial charge < -0.3 is 15.9 Å². The average Bonchev–Trinajstić information content (AvgIpc) is 2.66. The molecule has 4 nitrogen and oxygen atoms in total. The van der Waals surface area contributed by atoms with Gasteiger partial charge in [0.05, 0.1) is 0 Å². The van der Waals surface area contributed by atoms with E-state index in [9.17, 15) is 23.1 Å². The predicted octanol–water partition coefficient (Wildman–Crippen LogP) is 5.64. The number of aliphatic carboxylic acids is 1. The van der Waals surface area contributed by atoms with Gasteiger partial charge in [-0.3, -0.25) is 4.79 Å². The zero-order valence-corrected chi connectivity index (χ0v) is 18.9. The van der Waals surface area contributed by atoms with Gasteiger partial charge in [-0.2, -0.15) is 24.9 Å². The molecule has 0 aliphatic heterocycles. The topological polar surface area (TPSA) is 83.5 Å². The van der Waals surface area contributed by atoms with Crippen LogP contribution in [0.1, 0.15) is 24.0 Å². The van der Waals surface area contributed by atoms with Gasteiger partial charge in [-0.25, -0.2) is 0 Å². The SMILES string of the molecule is Cc1cc(C(O)(CCSCCC(N)C(=O)O)C(F)(F)F)ccc1-c1ccc(Cl)cc1Cl. The monoisotopic (exact) mass is 495 g/mol. The highest BCUT2D eigenvalue weighted by Gasteiger charge is 2.54. The second-order valence-electron chi connectivity index (χ2n) is 7.11. The molecule has 2 aromatic carbocycles. The molecule has 2 rings (SSSR count). The lowest BCUT2D eigenvalue weighted by Gasteiger charge is -2.31. The molecule has 0 fully saturated rings. The molecule has 31 heavy (non-hydrogen) atoms. The number of rotatable bonds is 9. The van der Waals surface area contributed by atoms with Gasteiger partial charge in [0.2, 0.25) is 0 Å². The van der Waals surface area contributed by atoms with E-state index in [1.54, 1.807) is 25.1 Å². The summed E-state index contributed by atoms with van der Waals surface area (Å²) in [6, 6.07) is 7.84. The lowest BCUT2D eigenvalue weighted by molar-refractivity contribution is -0.267. The molecule has 10 heteroatoms. The van der Waals surface area contributed by atoms with Crippen molar-refractivity contribution in [1.82, 2.24) is 0 Å². The molecule has 0 spiro atoms. The van der Waals surface area contributed by atoms with Gasteiger partial charge in [-0.15, -0.1) is 0 Å². The van der Waals surface area contributed by atoms with Crippen molar-refractivity contribution in [1.29, 1.82) is 0 Å². The van der Waals surface area contributed by atoms with E-state index >= 15 is 0 Å². The molecule has 0 aliphatic rings. The molecule has 2 aromatic rings. The highest BCUT2D eigenvalue weighted by atomic mass is 35.5. The first-order valence-electron chi connectivity index (χ1n) is 9.28. The normalized spacial score (nSPS) is 14.8. The Balaban J connectivity index is 2.22. The van der Waals surface area contributed by atoms with Crippen LogP contribution in [0.3, 0.4) is 0 Å². The number of hydrogen-bond donors (Lipinski definition) is 3. The Morgan fingerprint density at radius 3 is 2.32 bits per heavy atom. The first-order chi connectivity index (χ1) is 14.4. The fourth-order valence-corrected chi connectivity index (χ4v) is 4.61. The third-order valence-corrected chi connectivity index (χ3v) is 6.46. The fraction of sp³-hybridized carbons (Fsp3) is 0.381. The summed E-state index contributed by atoms with van der Waals surface area (Å²) >= 11 is 13.2. The molecule has 2 atom stereocenters. The van der Waals surface area contributed by atoms with Gasteiger partial charge in [0, 0.05) is 15.6 Å². The number of alkyl halides is 3. The minimum absolute atomic E-state index is 0.0217. The number of carboxylic acids is 1. The number of aryl methyl sites for hydroxylation is 1. The largest absolute Gasteiger partial charge is 0.480 e. The van der Waals surface area contributed by atoms with Crippen molar-refractivity contribution in [3.8, 4) is 11.1 Å². The number of aliphatic hydroxyl groups is 1. The third kappa shape index (κ3) is 6.29. The van der Waals surface area contributed by atoms with Crippen LogP contribution in [0.4, 0.5) is 13.2 Å². The van der Waals surface area contributed by atoms with Crippen molar-refractivity contribution < 1.29 is 28.2 Å². The predicted molar refractivity (Wildman–Crippen MR) is 119 cm³/mol. The summed E-state index contributed by atoms with van der Waals surface area (Å²) < 4.78 is 41.4. The van der Waals surface area contributed by atoms with E-state index in [2.05, 4.69) is 0 Å². The number of halogens is 5. The molecule has 2 unspecified atom stereocenters. The van der Waals surface area contributed by atoms with Crippen molar-refractivity contribution in [2.45, 2.75) is 37.6 Å². The van der Waals surface area contributed by atoms with Gasteiger partial charge in [-0.05, 0) is 60.1 Å². The number of thioether (sulfide) groups is 1. The summed E-state index contributed by atoms with van der Waals surface area (Å²) in [5, 5.41) is 20.1. The third-order valence-electron chi connectivity index (χ3n) is 4.89. The maximum Gasteiger partial charge on any atom is 0.421 e. The highest BCUT2D eigenvalue weighted by Crippen LogP contribution is 2.44. The van der Waals surface area contributed by atoms with Crippen molar-refractivity contribution in [2.75, 3.05) is 11.5 Å². The standard InChI is InChI=1S/C21H22Cl2F3NO3S/c1-12-10-13(2-4-15(12)16-5-3-14(22)11-17(16)23)20(30,21(24,25)26)7-9-31-8-6-18(27)19(28)29/h2-5,10-11,18,30H,6-9,27H2,1H3,(H,28,29). The minimum Gasteiger partial charge on any atom is -0.480 e. The van der Waals surface area contributed by atoms with E-state index in [1.165, 1.54) is 18.2 Å². The van der Waals surface area contributed by atoms with E-state index < -0.39 is 30.2 Å². The lowest BCUT2D eigenvalue weighted by atomic mass is 9.87. The van der Waals surface area contributed by atoms with Gasteiger partial charge in [0.1, 0.15) is 6.04 Å². The van der Waals surface area contributed by atoms with Crippen molar-refractivity contribution in [2.24, 2.45) is 5.73 Å². The van der Waals surface area contributed by atoms with Gasteiger partial charge in [0.25, 0.3) is 0 Å². The molecule has 4 N–H and O–H groups in total. The molecule has 0 bridgehead atoms. The van der Waals surface area contributed by atoms with Crippen LogP contribution in [0, 0.1) is 6.92 Å². The smallest absolute Gasteiger partial charge is 0.421 e. The Bertz CT molecular complexity index is 943. The Labute approximate surface area is 192 Å². The summed E-state index contributed by atoms with van der Waals surface area (Å²) in [4.78, 5) is 10.7. The first-order valence-corrected chi connectivity index (χ1v) is 11.2. The van der Waals surface area contributed by atoms with E-state index in [1.807, 2.05) is 0 Å². The maximum absolute atomic E-state index is 13.8. The molecule has 0 aromatic heterocycles. The van der Waals surface area contributed by atoms with Gasteiger partial charge in [-0.1, -0.05) is 47.5 Å². The minimum atomic E-state index is -4.89. The number of benzene rings is 2.